The molecule has 0 radical (unpaired) electrons. The SMILES string of the molecule is CCc1cc(C)nc(-c2ccccc2)c1C(=O)Nc1ccccc1Cl. The number of halogens is 1. The zero-order chi connectivity index (χ0) is 17.8. The Labute approximate surface area is 152 Å². The molecule has 3 aromatic rings. The van der Waals surface area contributed by atoms with Crippen molar-refractivity contribution in [1.29, 1.82) is 0 Å². The summed E-state index contributed by atoms with van der Waals surface area (Å²) in [4.78, 5) is 17.7. The monoisotopic (exact) mass is 350 g/mol. The summed E-state index contributed by atoms with van der Waals surface area (Å²) in [5.74, 6) is -0.198. The second kappa shape index (κ2) is 7.49. The minimum absolute atomic E-state index is 0.198. The summed E-state index contributed by atoms with van der Waals surface area (Å²) >= 11 is 6.18. The first-order valence-electron chi connectivity index (χ1n) is 8.22. The average molecular weight is 351 g/mol. The molecule has 1 aromatic heterocycles. The number of hydrogen-bond acceptors (Lipinski definition) is 2. The minimum Gasteiger partial charge on any atom is -0.321 e. The molecule has 25 heavy (non-hydrogen) atoms. The Kier molecular flexibility index (Phi) is 5.15. The molecule has 4 heteroatoms. The summed E-state index contributed by atoms with van der Waals surface area (Å²) < 4.78 is 0. The van der Waals surface area contributed by atoms with Crippen LogP contribution in [-0.2, 0) is 6.42 Å². The Hall–Kier alpha value is -2.65. The molecule has 3 nitrogen and oxygen atoms in total. The van der Waals surface area contributed by atoms with E-state index in [9.17, 15) is 4.79 Å². The molecule has 2 aromatic carbocycles. The summed E-state index contributed by atoms with van der Waals surface area (Å²) in [6, 6.07) is 18.9. The molecular formula is C21H19ClN2O. The molecule has 1 heterocycles. The van der Waals surface area contributed by atoms with E-state index >= 15 is 0 Å². The third-order valence-electron chi connectivity index (χ3n) is 4.01. The Morgan fingerprint density at radius 2 is 1.76 bits per heavy atom. The molecule has 0 bridgehead atoms. The van der Waals surface area contributed by atoms with Gasteiger partial charge in [-0.2, -0.15) is 0 Å². The Morgan fingerprint density at radius 1 is 1.08 bits per heavy atom. The van der Waals surface area contributed by atoms with Crippen molar-refractivity contribution in [3.8, 4) is 11.3 Å². The fourth-order valence-corrected chi connectivity index (χ4v) is 3.01. The first-order chi connectivity index (χ1) is 12.1. The number of amides is 1. The highest BCUT2D eigenvalue weighted by Gasteiger charge is 2.20. The van der Waals surface area contributed by atoms with Gasteiger partial charge in [-0.3, -0.25) is 9.78 Å². The molecule has 0 fully saturated rings. The van der Waals surface area contributed by atoms with Crippen LogP contribution in [0.1, 0.15) is 28.5 Å². The van der Waals surface area contributed by atoms with Crippen LogP contribution in [0.25, 0.3) is 11.3 Å². The number of aromatic nitrogens is 1. The highest BCUT2D eigenvalue weighted by atomic mass is 35.5. The van der Waals surface area contributed by atoms with Crippen molar-refractivity contribution in [2.45, 2.75) is 20.3 Å². The summed E-state index contributed by atoms with van der Waals surface area (Å²) in [6.45, 7) is 3.98. The number of aryl methyl sites for hydroxylation is 2. The number of carbonyl (C=O) groups excluding carboxylic acids is 1. The predicted molar refractivity (Wildman–Crippen MR) is 103 cm³/mol. The van der Waals surface area contributed by atoms with Gasteiger partial charge in [-0.05, 0) is 37.1 Å². The molecule has 1 amide bonds. The van der Waals surface area contributed by atoms with Crippen LogP contribution < -0.4 is 5.32 Å². The van der Waals surface area contributed by atoms with Gasteiger partial charge in [0, 0.05) is 11.3 Å². The predicted octanol–water partition coefficient (Wildman–Crippen LogP) is 5.53. The van der Waals surface area contributed by atoms with Gasteiger partial charge in [0.25, 0.3) is 5.91 Å². The molecular weight excluding hydrogens is 332 g/mol. The van der Waals surface area contributed by atoms with Gasteiger partial charge in [-0.25, -0.2) is 0 Å². The maximum absolute atomic E-state index is 13.0. The van der Waals surface area contributed by atoms with E-state index in [0.717, 1.165) is 23.2 Å². The lowest BCUT2D eigenvalue weighted by Crippen LogP contribution is -2.17. The highest BCUT2D eigenvalue weighted by molar-refractivity contribution is 6.34. The van der Waals surface area contributed by atoms with E-state index in [2.05, 4.69) is 10.3 Å². The Morgan fingerprint density at radius 3 is 2.44 bits per heavy atom. The lowest BCUT2D eigenvalue weighted by molar-refractivity contribution is 0.102. The van der Waals surface area contributed by atoms with Gasteiger partial charge in [-0.15, -0.1) is 0 Å². The highest BCUT2D eigenvalue weighted by Crippen LogP contribution is 2.28. The topological polar surface area (TPSA) is 42.0 Å². The van der Waals surface area contributed by atoms with Crippen molar-refractivity contribution < 1.29 is 4.79 Å². The summed E-state index contributed by atoms with van der Waals surface area (Å²) in [5, 5.41) is 3.43. The first-order valence-corrected chi connectivity index (χ1v) is 8.59. The zero-order valence-corrected chi connectivity index (χ0v) is 15.0. The third-order valence-corrected chi connectivity index (χ3v) is 4.34. The standard InChI is InChI=1S/C21H19ClN2O/c1-3-15-13-14(2)23-20(16-9-5-4-6-10-16)19(15)21(25)24-18-12-8-7-11-17(18)22/h4-13H,3H2,1-2H3,(H,24,25). The van der Waals surface area contributed by atoms with Crippen LogP contribution in [-0.4, -0.2) is 10.9 Å². The number of carbonyl (C=O) groups is 1. The zero-order valence-electron chi connectivity index (χ0n) is 14.2. The molecule has 0 aliphatic rings. The number of nitrogens with one attached hydrogen (secondary N) is 1. The van der Waals surface area contributed by atoms with Crippen molar-refractivity contribution >= 4 is 23.2 Å². The maximum Gasteiger partial charge on any atom is 0.258 e. The molecule has 0 spiro atoms. The van der Waals surface area contributed by atoms with Crippen LogP contribution in [0.5, 0.6) is 0 Å². The summed E-state index contributed by atoms with van der Waals surface area (Å²) in [5.41, 5.74) is 4.67. The molecule has 0 saturated carbocycles. The van der Waals surface area contributed by atoms with Crippen molar-refractivity contribution in [1.82, 2.24) is 4.98 Å². The molecule has 1 N–H and O–H groups in total. The van der Waals surface area contributed by atoms with Gasteiger partial charge >= 0.3 is 0 Å². The quantitative estimate of drug-likeness (QED) is 0.672. The van der Waals surface area contributed by atoms with E-state index in [0.29, 0.717) is 22.0 Å². The van der Waals surface area contributed by atoms with E-state index in [-0.39, 0.29) is 5.91 Å². The van der Waals surface area contributed by atoms with Gasteiger partial charge in [-0.1, -0.05) is 61.0 Å². The number of pyridine rings is 1. The van der Waals surface area contributed by atoms with Crippen molar-refractivity contribution in [2.24, 2.45) is 0 Å². The maximum atomic E-state index is 13.0. The van der Waals surface area contributed by atoms with Gasteiger partial charge in [0.05, 0.1) is 22.0 Å². The van der Waals surface area contributed by atoms with Gasteiger partial charge in [0.15, 0.2) is 0 Å². The van der Waals surface area contributed by atoms with Gasteiger partial charge < -0.3 is 5.32 Å². The van der Waals surface area contributed by atoms with E-state index in [1.807, 2.05) is 62.4 Å². The second-order valence-electron chi connectivity index (χ2n) is 5.80. The minimum atomic E-state index is -0.198. The molecule has 0 unspecified atom stereocenters. The molecule has 3 rings (SSSR count). The lowest BCUT2D eigenvalue weighted by atomic mass is 9.97. The van der Waals surface area contributed by atoms with Crippen LogP contribution in [0.2, 0.25) is 5.02 Å². The van der Waals surface area contributed by atoms with Crippen LogP contribution in [0.4, 0.5) is 5.69 Å². The number of para-hydroxylation sites is 1. The van der Waals surface area contributed by atoms with E-state index in [4.69, 9.17) is 11.6 Å². The smallest absolute Gasteiger partial charge is 0.258 e. The molecule has 0 aliphatic heterocycles. The number of nitrogens with zero attached hydrogens (tertiary/aromatic N) is 1. The molecule has 0 atom stereocenters. The largest absolute Gasteiger partial charge is 0.321 e. The van der Waals surface area contributed by atoms with Crippen molar-refractivity contribution in [3.05, 3.63) is 82.5 Å². The Bertz CT molecular complexity index is 907. The molecule has 126 valence electrons. The van der Waals surface area contributed by atoms with Crippen LogP contribution in [0.15, 0.2) is 60.7 Å². The normalized spacial score (nSPS) is 10.5. The summed E-state index contributed by atoms with van der Waals surface area (Å²) in [6.07, 6.45) is 0.745. The molecule has 0 saturated heterocycles. The van der Waals surface area contributed by atoms with Crippen LogP contribution in [0, 0.1) is 6.92 Å². The van der Waals surface area contributed by atoms with Crippen molar-refractivity contribution in [2.75, 3.05) is 5.32 Å². The second-order valence-corrected chi connectivity index (χ2v) is 6.21. The number of rotatable bonds is 4. The number of anilines is 1. The van der Waals surface area contributed by atoms with E-state index in [1.54, 1.807) is 12.1 Å². The van der Waals surface area contributed by atoms with Gasteiger partial charge in [0.1, 0.15) is 0 Å². The number of benzene rings is 2. The fourth-order valence-electron chi connectivity index (χ4n) is 2.83. The van der Waals surface area contributed by atoms with E-state index in [1.165, 1.54) is 0 Å². The summed E-state index contributed by atoms with van der Waals surface area (Å²) in [7, 11) is 0. The fraction of sp³-hybridized carbons (Fsp3) is 0.143. The third kappa shape index (κ3) is 3.72. The molecule has 0 aliphatic carbocycles. The van der Waals surface area contributed by atoms with Crippen molar-refractivity contribution in [3.63, 3.8) is 0 Å². The van der Waals surface area contributed by atoms with E-state index < -0.39 is 0 Å². The van der Waals surface area contributed by atoms with Gasteiger partial charge in [0.2, 0.25) is 0 Å². The first kappa shape index (κ1) is 17.2. The lowest BCUT2D eigenvalue weighted by Gasteiger charge is -2.15. The number of hydrogen-bond donors (Lipinski definition) is 1. The van der Waals surface area contributed by atoms with Crippen LogP contribution >= 0.6 is 11.6 Å². The van der Waals surface area contributed by atoms with Crippen LogP contribution in [0.3, 0.4) is 0 Å². The average Bonchev–Trinajstić information content (AvgIpc) is 2.63. The Balaban J connectivity index is 2.11.